The van der Waals surface area contributed by atoms with E-state index in [2.05, 4.69) is 29.6 Å². The van der Waals surface area contributed by atoms with Crippen molar-refractivity contribution >= 4 is 11.6 Å². The van der Waals surface area contributed by atoms with Gasteiger partial charge < -0.3 is 19.7 Å². The lowest BCUT2D eigenvalue weighted by Crippen LogP contribution is -3.11. The lowest BCUT2D eigenvalue weighted by molar-refractivity contribution is -0.910. The maximum atomic E-state index is 13.0. The van der Waals surface area contributed by atoms with Gasteiger partial charge in [-0.1, -0.05) is 48.5 Å². The molecule has 2 atom stereocenters. The Balaban J connectivity index is 1.30. The van der Waals surface area contributed by atoms with E-state index >= 15 is 0 Å². The highest BCUT2D eigenvalue weighted by Crippen LogP contribution is 2.33. The maximum absolute atomic E-state index is 13.0. The second-order valence-corrected chi connectivity index (χ2v) is 8.14. The number of nitrogens with one attached hydrogen (secondary N) is 2. The summed E-state index contributed by atoms with van der Waals surface area (Å²) in [5.41, 5.74) is 4.21. The minimum Gasteiger partial charge on any atom is -0.486 e. The van der Waals surface area contributed by atoms with Crippen LogP contribution in [0.15, 0.2) is 72.8 Å². The highest BCUT2D eigenvalue weighted by molar-refractivity contribution is 5.96. The third kappa shape index (κ3) is 4.28. The summed E-state index contributed by atoms with van der Waals surface area (Å²) < 4.78 is 11.4. The van der Waals surface area contributed by atoms with Crippen LogP contribution >= 0.6 is 0 Å². The number of ether oxygens (including phenoxy) is 2. The van der Waals surface area contributed by atoms with Gasteiger partial charge in [-0.3, -0.25) is 4.79 Å². The smallest absolute Gasteiger partial charge is 0.279 e. The quantitative estimate of drug-likeness (QED) is 0.671. The van der Waals surface area contributed by atoms with Crippen molar-refractivity contribution in [3.63, 3.8) is 0 Å². The van der Waals surface area contributed by atoms with E-state index in [9.17, 15) is 4.79 Å². The van der Waals surface area contributed by atoms with Gasteiger partial charge in [0.1, 0.15) is 19.3 Å². The molecule has 1 fully saturated rings. The lowest BCUT2D eigenvalue weighted by atomic mass is 10.0. The maximum Gasteiger partial charge on any atom is 0.279 e. The van der Waals surface area contributed by atoms with Crippen molar-refractivity contribution < 1.29 is 19.2 Å². The van der Waals surface area contributed by atoms with Crippen LogP contribution in [0.4, 0.5) is 5.69 Å². The Morgan fingerprint density at radius 1 is 0.935 bits per heavy atom. The van der Waals surface area contributed by atoms with Crippen LogP contribution in [-0.2, 0) is 4.79 Å². The van der Waals surface area contributed by atoms with Crippen LogP contribution < -0.4 is 19.7 Å². The van der Waals surface area contributed by atoms with Crippen LogP contribution in [0.3, 0.4) is 0 Å². The van der Waals surface area contributed by atoms with Crippen LogP contribution in [0.2, 0.25) is 0 Å². The van der Waals surface area contributed by atoms with Crippen LogP contribution in [0.25, 0.3) is 11.1 Å². The third-order valence-corrected chi connectivity index (χ3v) is 6.13. The van der Waals surface area contributed by atoms with Gasteiger partial charge in [0.25, 0.3) is 5.91 Å². The molecule has 2 heterocycles. The molecular weight excluding hydrogens is 388 g/mol. The molecular formula is C26H27N2O3+. The molecule has 0 aromatic heterocycles. The number of carbonyl (C=O) groups is 1. The topological polar surface area (TPSA) is 52.0 Å². The van der Waals surface area contributed by atoms with Gasteiger partial charge in [0.2, 0.25) is 0 Å². The Morgan fingerprint density at radius 3 is 2.58 bits per heavy atom. The second kappa shape index (κ2) is 8.82. The number of rotatable bonds is 5. The number of para-hydroxylation sites is 1. The molecule has 0 radical (unpaired) electrons. The molecule has 158 valence electrons. The number of amides is 1. The fourth-order valence-electron chi connectivity index (χ4n) is 4.66. The monoisotopic (exact) mass is 415 g/mol. The van der Waals surface area contributed by atoms with Crippen molar-refractivity contribution in [2.75, 3.05) is 31.6 Å². The number of benzene rings is 3. The average Bonchev–Trinajstić information content (AvgIpc) is 3.27. The largest absolute Gasteiger partial charge is 0.486 e. The highest BCUT2D eigenvalue weighted by Gasteiger charge is 2.32. The molecule has 5 nitrogen and oxygen atoms in total. The minimum atomic E-state index is 0.0443. The molecule has 1 amide bonds. The number of hydrogen-bond donors (Lipinski definition) is 2. The molecule has 31 heavy (non-hydrogen) atoms. The summed E-state index contributed by atoms with van der Waals surface area (Å²) in [4.78, 5) is 14.3. The Labute approximate surface area is 182 Å². The van der Waals surface area contributed by atoms with Gasteiger partial charge in [-0.2, -0.15) is 0 Å². The van der Waals surface area contributed by atoms with Gasteiger partial charge in [-0.05, 0) is 29.8 Å². The lowest BCUT2D eigenvalue weighted by Gasteiger charge is -2.24. The Hall–Kier alpha value is -3.31. The molecule has 2 aliphatic rings. The van der Waals surface area contributed by atoms with Crippen LogP contribution in [0, 0.1) is 0 Å². The third-order valence-electron chi connectivity index (χ3n) is 6.13. The van der Waals surface area contributed by atoms with E-state index in [1.165, 1.54) is 10.5 Å². The van der Waals surface area contributed by atoms with Crippen molar-refractivity contribution in [2.24, 2.45) is 0 Å². The number of carbonyl (C=O) groups excluding carboxylic acids is 1. The van der Waals surface area contributed by atoms with Gasteiger partial charge in [0.15, 0.2) is 18.0 Å². The van der Waals surface area contributed by atoms with Gasteiger partial charge in [-0.15, -0.1) is 0 Å². The minimum absolute atomic E-state index is 0.0443. The summed E-state index contributed by atoms with van der Waals surface area (Å²) in [5.74, 6) is 1.67. The van der Waals surface area contributed by atoms with E-state index in [0.29, 0.717) is 25.8 Å². The van der Waals surface area contributed by atoms with Gasteiger partial charge in [0.05, 0.1) is 6.54 Å². The van der Waals surface area contributed by atoms with Crippen LogP contribution in [-0.4, -0.2) is 32.2 Å². The van der Waals surface area contributed by atoms with E-state index in [1.54, 1.807) is 0 Å². The number of likely N-dealkylation sites (tertiary alicyclic amines) is 1. The number of hydrogen-bond acceptors (Lipinski definition) is 3. The molecule has 5 heteroatoms. The predicted octanol–water partition coefficient (Wildman–Crippen LogP) is 3.48. The zero-order chi connectivity index (χ0) is 21.0. The zero-order valence-corrected chi connectivity index (χ0v) is 17.5. The van der Waals surface area contributed by atoms with Gasteiger partial charge in [0, 0.05) is 29.7 Å². The Morgan fingerprint density at radius 2 is 1.71 bits per heavy atom. The standard InChI is InChI=1S/C26H26N2O3/c29-26(27-22-10-5-4-9-21(22)19-7-2-1-3-8-19)18-28-14-6-11-23(28)20-12-13-24-25(17-20)31-16-15-30-24/h1-5,7-10,12-13,17,23H,6,11,14-16,18H2,(H,27,29)/p+1/t23-/m0/s1. The predicted molar refractivity (Wildman–Crippen MR) is 121 cm³/mol. The first-order chi connectivity index (χ1) is 15.3. The first-order valence-electron chi connectivity index (χ1n) is 11.0. The molecule has 0 bridgehead atoms. The molecule has 5 rings (SSSR count). The Kier molecular flexibility index (Phi) is 5.59. The summed E-state index contributed by atoms with van der Waals surface area (Å²) >= 11 is 0. The van der Waals surface area contributed by atoms with Gasteiger partial charge >= 0.3 is 0 Å². The van der Waals surface area contributed by atoms with Crippen molar-refractivity contribution in [3.05, 3.63) is 78.4 Å². The Bertz CT molecular complexity index is 1070. The first-order valence-corrected chi connectivity index (χ1v) is 11.0. The second-order valence-electron chi connectivity index (χ2n) is 8.14. The first kappa shape index (κ1) is 19.6. The molecule has 2 N–H and O–H groups in total. The van der Waals surface area contributed by atoms with Crippen molar-refractivity contribution in [3.8, 4) is 22.6 Å². The summed E-state index contributed by atoms with van der Waals surface area (Å²) in [6, 6.07) is 24.6. The summed E-state index contributed by atoms with van der Waals surface area (Å²) in [6.07, 6.45) is 2.19. The van der Waals surface area contributed by atoms with E-state index < -0.39 is 0 Å². The number of fused-ring (bicyclic) bond motifs is 1. The number of anilines is 1. The van der Waals surface area contributed by atoms with E-state index in [0.717, 1.165) is 47.7 Å². The van der Waals surface area contributed by atoms with Crippen LogP contribution in [0.1, 0.15) is 24.4 Å². The SMILES string of the molecule is O=C(C[NH+]1CCC[C@H]1c1ccc2c(c1)OCCO2)Nc1ccccc1-c1ccccc1. The summed E-state index contributed by atoms with van der Waals surface area (Å²) in [6.45, 7) is 2.62. The summed E-state index contributed by atoms with van der Waals surface area (Å²) in [5, 5.41) is 3.15. The van der Waals surface area contributed by atoms with Crippen molar-refractivity contribution in [1.29, 1.82) is 0 Å². The van der Waals surface area contributed by atoms with E-state index in [-0.39, 0.29) is 5.91 Å². The molecule has 0 spiro atoms. The highest BCUT2D eigenvalue weighted by atomic mass is 16.6. The van der Waals surface area contributed by atoms with Crippen molar-refractivity contribution in [2.45, 2.75) is 18.9 Å². The fraction of sp³-hybridized carbons (Fsp3) is 0.269. The number of quaternary nitrogens is 1. The fourth-order valence-corrected chi connectivity index (χ4v) is 4.66. The normalized spacial score (nSPS) is 19.7. The van der Waals surface area contributed by atoms with Crippen molar-refractivity contribution in [1.82, 2.24) is 0 Å². The zero-order valence-electron chi connectivity index (χ0n) is 17.5. The molecule has 3 aromatic carbocycles. The average molecular weight is 416 g/mol. The molecule has 2 aliphatic heterocycles. The van der Waals surface area contributed by atoms with E-state index in [4.69, 9.17) is 9.47 Å². The van der Waals surface area contributed by atoms with Crippen LogP contribution in [0.5, 0.6) is 11.5 Å². The molecule has 1 unspecified atom stereocenters. The molecule has 1 saturated heterocycles. The van der Waals surface area contributed by atoms with Gasteiger partial charge in [-0.25, -0.2) is 0 Å². The summed E-state index contributed by atoms with van der Waals surface area (Å²) in [7, 11) is 0. The van der Waals surface area contributed by atoms with E-state index in [1.807, 2.05) is 48.5 Å². The molecule has 0 saturated carbocycles. The molecule has 3 aromatic rings. The molecule has 0 aliphatic carbocycles.